The Hall–Kier alpha value is -0.940. The number of hydrogen-bond donors (Lipinski definition) is 1. The average molecular weight is 311 g/mol. The van der Waals surface area contributed by atoms with Crippen molar-refractivity contribution < 1.29 is 19.4 Å². The topological polar surface area (TPSA) is 66.8 Å². The molecule has 1 N–H and O–H groups in total. The number of ketones is 1. The Balaban J connectivity index is 2.14. The molecule has 0 aliphatic carbocycles. The predicted octanol–water partition coefficient (Wildman–Crippen LogP) is 1.77. The second kappa shape index (κ2) is 7.55. The van der Waals surface area contributed by atoms with Crippen LogP contribution in [0.25, 0.3) is 0 Å². The van der Waals surface area contributed by atoms with Crippen molar-refractivity contribution in [1.82, 2.24) is 4.90 Å². The summed E-state index contributed by atoms with van der Waals surface area (Å²) < 4.78 is 5.14. The van der Waals surface area contributed by atoms with Gasteiger partial charge in [-0.05, 0) is 33.2 Å². The molecule has 2 aliphatic heterocycles. The first kappa shape index (κ1) is 17.4. The Morgan fingerprint density at radius 3 is 2.36 bits per heavy atom. The van der Waals surface area contributed by atoms with Crippen molar-refractivity contribution in [2.75, 3.05) is 13.7 Å². The van der Waals surface area contributed by atoms with E-state index in [4.69, 9.17) is 4.74 Å². The van der Waals surface area contributed by atoms with E-state index in [1.165, 1.54) is 0 Å². The number of nitrogens with zero attached hydrogens (tertiary/aromatic N) is 1. The SMILES string of the molecule is CCCCCC(=O)C1[C@H](O)[C@H](C(=O)OCC)[C@H]2CC[C@@H]1N2C. The number of unbranched alkanes of at least 4 members (excludes halogenated alkanes) is 2. The molecule has 2 rings (SSSR count). The number of carbonyl (C=O) groups is 2. The number of carbonyl (C=O) groups excluding carboxylic acids is 2. The minimum atomic E-state index is -0.901. The monoisotopic (exact) mass is 311 g/mol. The number of aliphatic hydroxyl groups excluding tert-OH is 1. The fraction of sp³-hybridized carbons (Fsp3) is 0.882. The van der Waals surface area contributed by atoms with E-state index in [0.29, 0.717) is 13.0 Å². The summed E-state index contributed by atoms with van der Waals surface area (Å²) in [5.74, 6) is -1.30. The second-order valence-corrected chi connectivity index (χ2v) is 6.60. The highest BCUT2D eigenvalue weighted by Gasteiger charge is 2.55. The summed E-state index contributed by atoms with van der Waals surface area (Å²) in [4.78, 5) is 27.0. The standard InChI is InChI=1S/C17H29NO4/c1-4-6-7-8-13(19)14-11-9-10-12(18(11)3)15(16(14)20)17(21)22-5-2/h11-12,14-16,20H,4-10H2,1-3H3/t11-,12+,14?,15+,16-/m0/s1. The molecule has 5 nitrogen and oxygen atoms in total. The van der Waals surface area contributed by atoms with Gasteiger partial charge in [-0.3, -0.25) is 14.5 Å². The first-order valence-electron chi connectivity index (χ1n) is 8.62. The molecule has 1 unspecified atom stereocenters. The van der Waals surface area contributed by atoms with Crippen LogP contribution >= 0.6 is 0 Å². The molecular weight excluding hydrogens is 282 g/mol. The van der Waals surface area contributed by atoms with Crippen LogP contribution in [0.4, 0.5) is 0 Å². The lowest BCUT2D eigenvalue weighted by atomic mass is 9.77. The van der Waals surface area contributed by atoms with Crippen molar-refractivity contribution >= 4 is 11.8 Å². The van der Waals surface area contributed by atoms with E-state index >= 15 is 0 Å². The summed E-state index contributed by atoms with van der Waals surface area (Å²) in [7, 11) is 1.97. The van der Waals surface area contributed by atoms with Crippen molar-refractivity contribution in [3.63, 3.8) is 0 Å². The number of ether oxygens (including phenoxy) is 1. The van der Waals surface area contributed by atoms with Gasteiger partial charge in [0.05, 0.1) is 24.5 Å². The minimum absolute atomic E-state index is 0.00116. The molecule has 22 heavy (non-hydrogen) atoms. The molecule has 126 valence electrons. The molecule has 2 aliphatic rings. The molecule has 0 aromatic rings. The normalized spacial score (nSPS) is 34.6. The summed E-state index contributed by atoms with van der Waals surface area (Å²) in [6.07, 6.45) is 4.28. The number of fused-ring (bicyclic) bond motifs is 2. The van der Waals surface area contributed by atoms with Crippen molar-refractivity contribution in [1.29, 1.82) is 0 Å². The molecular formula is C17H29NO4. The molecule has 2 saturated heterocycles. The maximum Gasteiger partial charge on any atom is 0.313 e. The summed E-state index contributed by atoms with van der Waals surface area (Å²) in [5.41, 5.74) is 0. The van der Waals surface area contributed by atoms with Crippen LogP contribution in [-0.4, -0.2) is 53.6 Å². The number of esters is 1. The highest BCUT2D eigenvalue weighted by atomic mass is 16.5. The summed E-state index contributed by atoms with van der Waals surface area (Å²) >= 11 is 0. The van der Waals surface area contributed by atoms with Crippen LogP contribution in [0.5, 0.6) is 0 Å². The number of aliphatic hydroxyl groups is 1. The smallest absolute Gasteiger partial charge is 0.313 e. The molecule has 5 atom stereocenters. The van der Waals surface area contributed by atoms with Crippen molar-refractivity contribution in [3.05, 3.63) is 0 Å². The first-order valence-corrected chi connectivity index (χ1v) is 8.62. The van der Waals surface area contributed by atoms with Crippen LogP contribution in [0.2, 0.25) is 0 Å². The Kier molecular flexibility index (Phi) is 5.98. The van der Waals surface area contributed by atoms with E-state index in [9.17, 15) is 14.7 Å². The number of rotatable bonds is 7. The lowest BCUT2D eigenvalue weighted by Gasteiger charge is -2.44. The fourth-order valence-corrected chi connectivity index (χ4v) is 4.20. The Labute approximate surface area is 133 Å². The van der Waals surface area contributed by atoms with E-state index < -0.39 is 17.9 Å². The zero-order valence-corrected chi connectivity index (χ0v) is 14.0. The lowest BCUT2D eigenvalue weighted by Crippen LogP contribution is -2.59. The van der Waals surface area contributed by atoms with Gasteiger partial charge in [-0.1, -0.05) is 19.8 Å². The van der Waals surface area contributed by atoms with Crippen LogP contribution in [0, 0.1) is 11.8 Å². The molecule has 0 spiro atoms. The van der Waals surface area contributed by atoms with Gasteiger partial charge >= 0.3 is 5.97 Å². The zero-order valence-electron chi connectivity index (χ0n) is 14.0. The van der Waals surface area contributed by atoms with Gasteiger partial charge in [-0.25, -0.2) is 0 Å². The highest BCUT2D eigenvalue weighted by molar-refractivity contribution is 5.84. The molecule has 0 aromatic heterocycles. The van der Waals surface area contributed by atoms with E-state index in [1.54, 1.807) is 6.92 Å². The van der Waals surface area contributed by atoms with E-state index in [0.717, 1.165) is 32.1 Å². The van der Waals surface area contributed by atoms with Crippen LogP contribution in [0.15, 0.2) is 0 Å². The highest BCUT2D eigenvalue weighted by Crippen LogP contribution is 2.43. The van der Waals surface area contributed by atoms with Gasteiger partial charge in [0, 0.05) is 18.5 Å². The summed E-state index contributed by atoms with van der Waals surface area (Å²) in [5, 5.41) is 10.7. The zero-order chi connectivity index (χ0) is 16.3. The van der Waals surface area contributed by atoms with Gasteiger partial charge in [0.15, 0.2) is 0 Å². The molecule has 2 heterocycles. The second-order valence-electron chi connectivity index (χ2n) is 6.60. The third kappa shape index (κ3) is 3.20. The Bertz CT molecular complexity index is 411. The third-order valence-corrected chi connectivity index (χ3v) is 5.33. The predicted molar refractivity (Wildman–Crippen MR) is 83.3 cm³/mol. The van der Waals surface area contributed by atoms with Gasteiger partial charge in [0.2, 0.25) is 0 Å². The van der Waals surface area contributed by atoms with Crippen LogP contribution in [0.1, 0.15) is 52.4 Å². The summed E-state index contributed by atoms with van der Waals surface area (Å²) in [6, 6.07) is 0.0681. The quantitative estimate of drug-likeness (QED) is 0.573. The van der Waals surface area contributed by atoms with E-state index in [-0.39, 0.29) is 23.8 Å². The Morgan fingerprint density at radius 2 is 1.77 bits per heavy atom. The largest absolute Gasteiger partial charge is 0.466 e. The van der Waals surface area contributed by atoms with Crippen molar-refractivity contribution in [3.8, 4) is 0 Å². The molecule has 2 fully saturated rings. The van der Waals surface area contributed by atoms with Gasteiger partial charge in [-0.15, -0.1) is 0 Å². The Morgan fingerprint density at radius 1 is 1.14 bits per heavy atom. The summed E-state index contributed by atoms with van der Waals surface area (Å²) in [6.45, 7) is 4.17. The molecule has 0 radical (unpaired) electrons. The minimum Gasteiger partial charge on any atom is -0.466 e. The van der Waals surface area contributed by atoms with Gasteiger partial charge in [0.1, 0.15) is 5.78 Å². The number of hydrogen-bond acceptors (Lipinski definition) is 5. The number of Topliss-reactive ketones (excluding diaryl/α,β-unsaturated/α-hetero) is 1. The van der Waals surface area contributed by atoms with Gasteiger partial charge in [0.25, 0.3) is 0 Å². The molecule has 5 heteroatoms. The maximum absolute atomic E-state index is 12.6. The first-order chi connectivity index (χ1) is 10.5. The fourth-order valence-electron chi connectivity index (χ4n) is 4.20. The maximum atomic E-state index is 12.6. The van der Waals surface area contributed by atoms with Crippen LogP contribution in [0.3, 0.4) is 0 Å². The van der Waals surface area contributed by atoms with Crippen molar-refractivity contribution in [2.45, 2.75) is 70.6 Å². The van der Waals surface area contributed by atoms with E-state index in [2.05, 4.69) is 11.8 Å². The molecule has 0 saturated carbocycles. The average Bonchev–Trinajstić information content (AvgIpc) is 2.74. The van der Waals surface area contributed by atoms with Crippen molar-refractivity contribution in [2.24, 2.45) is 11.8 Å². The van der Waals surface area contributed by atoms with Crippen LogP contribution in [-0.2, 0) is 14.3 Å². The number of piperidine rings is 1. The third-order valence-electron chi connectivity index (χ3n) is 5.33. The lowest BCUT2D eigenvalue weighted by molar-refractivity contribution is -0.164. The van der Waals surface area contributed by atoms with E-state index in [1.807, 2.05) is 7.05 Å². The molecule has 0 aromatic carbocycles. The van der Waals surface area contributed by atoms with Gasteiger partial charge < -0.3 is 9.84 Å². The molecule has 0 amide bonds. The molecule has 2 bridgehead atoms. The van der Waals surface area contributed by atoms with Crippen LogP contribution < -0.4 is 0 Å². The van der Waals surface area contributed by atoms with Gasteiger partial charge in [-0.2, -0.15) is 0 Å².